The summed E-state index contributed by atoms with van der Waals surface area (Å²) >= 11 is 3.65. The van der Waals surface area contributed by atoms with Crippen LogP contribution < -0.4 is 5.73 Å². The highest BCUT2D eigenvalue weighted by molar-refractivity contribution is 9.10. The van der Waals surface area contributed by atoms with Gasteiger partial charge >= 0.3 is 0 Å². The van der Waals surface area contributed by atoms with E-state index in [0.29, 0.717) is 12.0 Å². The van der Waals surface area contributed by atoms with Crippen molar-refractivity contribution in [3.05, 3.63) is 33.3 Å². The predicted octanol–water partition coefficient (Wildman–Crippen LogP) is 4.37. The van der Waals surface area contributed by atoms with Crippen LogP contribution in [0.1, 0.15) is 43.4 Å². The second-order valence-electron chi connectivity index (χ2n) is 5.33. The van der Waals surface area contributed by atoms with Gasteiger partial charge in [0.15, 0.2) is 0 Å². The standard InChI is InChI=1S/C15H24BrN/c1-10(2)15(17)7-5-6-13-8-11(3)12(4)9-14(13)16/h8-10,15H,5-7,17H2,1-4H3. The Morgan fingerprint density at radius 1 is 1.18 bits per heavy atom. The molecule has 2 heteroatoms. The number of nitrogens with two attached hydrogens (primary N) is 1. The van der Waals surface area contributed by atoms with Crippen LogP contribution in [0.2, 0.25) is 0 Å². The van der Waals surface area contributed by atoms with Gasteiger partial charge in [-0.3, -0.25) is 0 Å². The Bertz CT molecular complexity index is 371. The van der Waals surface area contributed by atoms with Crippen molar-refractivity contribution in [2.45, 2.75) is 53.0 Å². The topological polar surface area (TPSA) is 26.0 Å². The van der Waals surface area contributed by atoms with E-state index in [1.54, 1.807) is 0 Å². The molecule has 0 spiro atoms. The maximum atomic E-state index is 6.06. The van der Waals surface area contributed by atoms with Crippen molar-refractivity contribution in [2.24, 2.45) is 11.7 Å². The van der Waals surface area contributed by atoms with Crippen LogP contribution in [0.25, 0.3) is 0 Å². The number of hydrogen-bond acceptors (Lipinski definition) is 1. The number of halogens is 1. The molecule has 2 N–H and O–H groups in total. The number of benzene rings is 1. The van der Waals surface area contributed by atoms with Gasteiger partial charge in [-0.25, -0.2) is 0 Å². The highest BCUT2D eigenvalue weighted by Gasteiger charge is 2.08. The van der Waals surface area contributed by atoms with Crippen LogP contribution in [-0.2, 0) is 6.42 Å². The van der Waals surface area contributed by atoms with E-state index >= 15 is 0 Å². The van der Waals surface area contributed by atoms with E-state index in [0.717, 1.165) is 12.8 Å². The van der Waals surface area contributed by atoms with E-state index < -0.39 is 0 Å². The maximum Gasteiger partial charge on any atom is 0.0210 e. The van der Waals surface area contributed by atoms with Crippen LogP contribution in [0, 0.1) is 19.8 Å². The molecular weight excluding hydrogens is 274 g/mol. The lowest BCUT2D eigenvalue weighted by atomic mass is 9.96. The van der Waals surface area contributed by atoms with Crippen LogP contribution in [0.15, 0.2) is 16.6 Å². The highest BCUT2D eigenvalue weighted by atomic mass is 79.9. The first-order valence-corrected chi connectivity index (χ1v) is 7.22. The molecule has 1 rings (SSSR count). The van der Waals surface area contributed by atoms with E-state index in [4.69, 9.17) is 5.73 Å². The summed E-state index contributed by atoms with van der Waals surface area (Å²) in [6, 6.07) is 4.84. The van der Waals surface area contributed by atoms with E-state index in [-0.39, 0.29) is 0 Å². The molecule has 17 heavy (non-hydrogen) atoms. The lowest BCUT2D eigenvalue weighted by Crippen LogP contribution is -2.26. The van der Waals surface area contributed by atoms with E-state index in [1.807, 2.05) is 0 Å². The molecule has 0 saturated heterocycles. The van der Waals surface area contributed by atoms with Crippen molar-refractivity contribution >= 4 is 15.9 Å². The normalized spacial score (nSPS) is 13.1. The fourth-order valence-corrected chi connectivity index (χ4v) is 2.55. The Morgan fingerprint density at radius 3 is 2.35 bits per heavy atom. The largest absolute Gasteiger partial charge is 0.327 e. The second-order valence-corrected chi connectivity index (χ2v) is 6.18. The van der Waals surface area contributed by atoms with Crippen molar-refractivity contribution in [3.63, 3.8) is 0 Å². The summed E-state index contributed by atoms with van der Waals surface area (Å²) in [6.45, 7) is 8.71. The molecule has 0 aliphatic heterocycles. The Balaban J connectivity index is 2.55. The number of rotatable bonds is 5. The quantitative estimate of drug-likeness (QED) is 0.858. The molecule has 0 aromatic heterocycles. The summed E-state index contributed by atoms with van der Waals surface area (Å²) in [5.74, 6) is 0.582. The maximum absolute atomic E-state index is 6.06. The first-order chi connectivity index (χ1) is 7.91. The smallest absolute Gasteiger partial charge is 0.0210 e. The van der Waals surface area contributed by atoms with Crippen LogP contribution in [0.5, 0.6) is 0 Å². The number of hydrogen-bond donors (Lipinski definition) is 1. The summed E-state index contributed by atoms with van der Waals surface area (Å²) in [5.41, 5.74) is 10.2. The molecule has 0 amide bonds. The van der Waals surface area contributed by atoms with Crippen molar-refractivity contribution < 1.29 is 0 Å². The Morgan fingerprint density at radius 2 is 1.76 bits per heavy atom. The minimum atomic E-state index is 0.334. The molecule has 1 aromatic rings. The highest BCUT2D eigenvalue weighted by Crippen LogP contribution is 2.23. The van der Waals surface area contributed by atoms with Crippen molar-refractivity contribution in [3.8, 4) is 0 Å². The Kier molecular flexibility index (Phi) is 5.68. The molecule has 1 atom stereocenters. The Hall–Kier alpha value is -0.340. The first kappa shape index (κ1) is 14.7. The lowest BCUT2D eigenvalue weighted by molar-refractivity contribution is 0.452. The molecule has 1 nitrogen and oxygen atoms in total. The van der Waals surface area contributed by atoms with E-state index in [2.05, 4.69) is 55.8 Å². The van der Waals surface area contributed by atoms with Gasteiger partial charge in [-0.1, -0.05) is 35.8 Å². The summed E-state index contributed by atoms with van der Waals surface area (Å²) in [6.07, 6.45) is 3.39. The van der Waals surface area contributed by atoms with Gasteiger partial charge in [0, 0.05) is 10.5 Å². The summed E-state index contributed by atoms with van der Waals surface area (Å²) < 4.78 is 1.23. The van der Waals surface area contributed by atoms with Crippen molar-refractivity contribution in [2.75, 3.05) is 0 Å². The van der Waals surface area contributed by atoms with Crippen molar-refractivity contribution in [1.29, 1.82) is 0 Å². The van der Waals surface area contributed by atoms with Gasteiger partial charge in [0.1, 0.15) is 0 Å². The molecular formula is C15H24BrN. The second kappa shape index (κ2) is 6.55. The zero-order valence-corrected chi connectivity index (χ0v) is 13.0. The molecule has 0 aliphatic rings. The minimum Gasteiger partial charge on any atom is -0.327 e. The van der Waals surface area contributed by atoms with Crippen LogP contribution in [0.3, 0.4) is 0 Å². The monoisotopic (exact) mass is 297 g/mol. The molecule has 0 aliphatic carbocycles. The third-order valence-electron chi connectivity index (χ3n) is 3.50. The van der Waals surface area contributed by atoms with Gasteiger partial charge in [0.25, 0.3) is 0 Å². The molecule has 1 aromatic carbocycles. The van der Waals surface area contributed by atoms with Gasteiger partial charge in [0.2, 0.25) is 0 Å². The third kappa shape index (κ3) is 4.44. The Labute approximate surface area is 114 Å². The lowest BCUT2D eigenvalue weighted by Gasteiger charge is -2.15. The van der Waals surface area contributed by atoms with E-state index in [9.17, 15) is 0 Å². The zero-order chi connectivity index (χ0) is 13.0. The zero-order valence-electron chi connectivity index (χ0n) is 11.4. The summed E-state index contributed by atoms with van der Waals surface area (Å²) in [7, 11) is 0. The molecule has 0 saturated carbocycles. The SMILES string of the molecule is Cc1cc(Br)c(CCCC(N)C(C)C)cc1C. The van der Waals surface area contributed by atoms with E-state index in [1.165, 1.54) is 27.6 Å². The van der Waals surface area contributed by atoms with Gasteiger partial charge < -0.3 is 5.73 Å². The molecule has 0 bridgehead atoms. The molecule has 0 fully saturated rings. The van der Waals surface area contributed by atoms with Crippen molar-refractivity contribution in [1.82, 2.24) is 0 Å². The fraction of sp³-hybridized carbons (Fsp3) is 0.600. The van der Waals surface area contributed by atoms with Crippen LogP contribution in [0.4, 0.5) is 0 Å². The van der Waals surface area contributed by atoms with Gasteiger partial charge in [-0.2, -0.15) is 0 Å². The summed E-state index contributed by atoms with van der Waals surface area (Å²) in [4.78, 5) is 0. The minimum absolute atomic E-state index is 0.334. The average molecular weight is 298 g/mol. The van der Waals surface area contributed by atoms with Crippen LogP contribution in [-0.4, -0.2) is 6.04 Å². The van der Waals surface area contributed by atoms with Gasteiger partial charge in [-0.15, -0.1) is 0 Å². The molecule has 0 radical (unpaired) electrons. The van der Waals surface area contributed by atoms with Gasteiger partial charge in [0.05, 0.1) is 0 Å². The van der Waals surface area contributed by atoms with Gasteiger partial charge in [-0.05, 0) is 61.8 Å². The first-order valence-electron chi connectivity index (χ1n) is 6.43. The summed E-state index contributed by atoms with van der Waals surface area (Å²) in [5, 5.41) is 0. The fourth-order valence-electron chi connectivity index (χ4n) is 1.89. The predicted molar refractivity (Wildman–Crippen MR) is 79.4 cm³/mol. The van der Waals surface area contributed by atoms with Crippen LogP contribution >= 0.6 is 15.9 Å². The molecule has 0 heterocycles. The average Bonchev–Trinajstić information content (AvgIpc) is 2.25. The number of aryl methyl sites for hydroxylation is 3. The molecule has 1 unspecified atom stereocenters. The third-order valence-corrected chi connectivity index (χ3v) is 4.24. The molecule has 96 valence electrons.